The van der Waals surface area contributed by atoms with Gasteiger partial charge in [0.05, 0.1) is 36.8 Å². The second-order valence-electron chi connectivity index (χ2n) is 4.56. The van der Waals surface area contributed by atoms with Gasteiger partial charge in [-0.25, -0.2) is 9.37 Å². The van der Waals surface area contributed by atoms with Gasteiger partial charge in [-0.2, -0.15) is 0 Å². The van der Waals surface area contributed by atoms with Crippen LogP contribution < -0.4 is 9.47 Å². The van der Waals surface area contributed by atoms with Crippen LogP contribution in [0.3, 0.4) is 0 Å². The van der Waals surface area contributed by atoms with Crippen LogP contribution in [0, 0.1) is 5.82 Å². The first kappa shape index (κ1) is 17.0. The van der Waals surface area contributed by atoms with E-state index in [1.807, 2.05) is 0 Å². The fraction of sp³-hybridized carbons (Fsp3) is 0.267. The van der Waals surface area contributed by atoms with Gasteiger partial charge in [-0.15, -0.1) is 0 Å². The normalized spacial score (nSPS) is 10.4. The molecule has 0 spiro atoms. The minimum absolute atomic E-state index is 0.0568. The lowest BCUT2D eigenvalue weighted by Crippen LogP contribution is -2.04. The van der Waals surface area contributed by atoms with E-state index >= 15 is 0 Å². The van der Waals surface area contributed by atoms with E-state index in [2.05, 4.69) is 9.97 Å². The molecule has 1 aromatic heterocycles. The van der Waals surface area contributed by atoms with Gasteiger partial charge >= 0.3 is 5.97 Å². The summed E-state index contributed by atoms with van der Waals surface area (Å²) in [5.74, 6) is -1.41. The largest absolute Gasteiger partial charge is 0.489 e. The van der Waals surface area contributed by atoms with E-state index in [1.165, 1.54) is 31.6 Å². The summed E-state index contributed by atoms with van der Waals surface area (Å²) in [6, 6.07) is 2.72. The Bertz CT molecular complexity index is 689. The van der Waals surface area contributed by atoms with Crippen molar-refractivity contribution in [3.63, 3.8) is 0 Å². The van der Waals surface area contributed by atoms with Crippen LogP contribution in [-0.2, 0) is 4.79 Å². The second-order valence-corrected chi connectivity index (χ2v) is 4.97. The molecule has 0 aliphatic carbocycles. The number of aliphatic carboxylic acids is 1. The summed E-state index contributed by atoms with van der Waals surface area (Å²) in [5, 5.41) is 8.62. The molecule has 1 aromatic carbocycles. The third kappa shape index (κ3) is 4.53. The molecule has 2 aromatic rings. The van der Waals surface area contributed by atoms with Gasteiger partial charge in [0.2, 0.25) is 5.88 Å². The summed E-state index contributed by atoms with van der Waals surface area (Å²) in [5.41, 5.74) is 0.833. The van der Waals surface area contributed by atoms with Gasteiger partial charge in [0.25, 0.3) is 0 Å². The number of carboxylic acid groups (broad SMARTS) is 1. The van der Waals surface area contributed by atoms with Crippen LogP contribution in [0.25, 0.3) is 11.3 Å². The molecule has 1 heterocycles. The highest BCUT2D eigenvalue weighted by molar-refractivity contribution is 6.32. The second kappa shape index (κ2) is 7.73. The van der Waals surface area contributed by atoms with Crippen molar-refractivity contribution < 1.29 is 23.8 Å². The van der Waals surface area contributed by atoms with Crippen molar-refractivity contribution in [2.24, 2.45) is 0 Å². The van der Waals surface area contributed by atoms with Gasteiger partial charge in [-0.05, 0) is 18.6 Å². The summed E-state index contributed by atoms with van der Waals surface area (Å²) in [7, 11) is 1.45. The molecule has 1 N–H and O–H groups in total. The zero-order chi connectivity index (χ0) is 16.8. The molecule has 2 rings (SSSR count). The molecule has 0 unspecified atom stereocenters. The molecule has 6 nitrogen and oxygen atoms in total. The molecule has 0 bridgehead atoms. The molecular weight excluding hydrogens is 327 g/mol. The third-order valence-corrected chi connectivity index (χ3v) is 3.18. The Morgan fingerprint density at radius 1 is 1.39 bits per heavy atom. The van der Waals surface area contributed by atoms with E-state index in [1.54, 1.807) is 0 Å². The van der Waals surface area contributed by atoms with Crippen LogP contribution in [-0.4, -0.2) is 34.8 Å². The fourth-order valence-electron chi connectivity index (χ4n) is 1.83. The van der Waals surface area contributed by atoms with Crippen LogP contribution in [0.15, 0.2) is 24.5 Å². The van der Waals surface area contributed by atoms with Crippen LogP contribution in [0.5, 0.6) is 11.6 Å². The van der Waals surface area contributed by atoms with Gasteiger partial charge in [-0.1, -0.05) is 11.6 Å². The average molecular weight is 341 g/mol. The van der Waals surface area contributed by atoms with Crippen LogP contribution in [0.1, 0.15) is 12.8 Å². The Labute approximate surface area is 136 Å². The van der Waals surface area contributed by atoms with Crippen molar-refractivity contribution in [3.05, 3.63) is 35.4 Å². The van der Waals surface area contributed by atoms with Crippen molar-refractivity contribution in [1.82, 2.24) is 9.97 Å². The molecule has 23 heavy (non-hydrogen) atoms. The number of ether oxygens (including phenoxy) is 2. The van der Waals surface area contributed by atoms with Crippen molar-refractivity contribution in [1.29, 1.82) is 0 Å². The van der Waals surface area contributed by atoms with E-state index in [0.29, 0.717) is 17.1 Å². The van der Waals surface area contributed by atoms with Crippen molar-refractivity contribution in [2.75, 3.05) is 13.7 Å². The number of hydrogen-bond acceptors (Lipinski definition) is 5. The topological polar surface area (TPSA) is 81.5 Å². The van der Waals surface area contributed by atoms with Gasteiger partial charge < -0.3 is 14.6 Å². The van der Waals surface area contributed by atoms with Gasteiger partial charge in [-0.3, -0.25) is 9.78 Å². The zero-order valence-electron chi connectivity index (χ0n) is 12.3. The number of methoxy groups -OCH3 is 1. The van der Waals surface area contributed by atoms with Crippen LogP contribution in [0.2, 0.25) is 5.02 Å². The Hall–Kier alpha value is -2.41. The zero-order valence-corrected chi connectivity index (χ0v) is 13.0. The molecule has 8 heteroatoms. The Balaban J connectivity index is 2.17. The number of rotatable bonds is 7. The Morgan fingerprint density at radius 3 is 2.83 bits per heavy atom. The standard InChI is InChI=1S/C15H14ClFN2O4/c1-22-13-8-18-7-12(19-13)9-5-10(16)15(11(17)6-9)23-4-2-3-14(20)21/h5-8H,2-4H2,1H3,(H,20,21). The number of benzene rings is 1. The summed E-state index contributed by atoms with van der Waals surface area (Å²) in [6.45, 7) is 0.0568. The molecule has 0 radical (unpaired) electrons. The number of carboxylic acids is 1. The number of carbonyl (C=O) groups is 1. The molecule has 0 saturated heterocycles. The molecular formula is C15H14ClFN2O4. The van der Waals surface area contributed by atoms with E-state index in [4.69, 9.17) is 26.2 Å². The minimum Gasteiger partial charge on any atom is -0.489 e. The lowest BCUT2D eigenvalue weighted by atomic mass is 10.1. The lowest BCUT2D eigenvalue weighted by Gasteiger charge is -2.10. The highest BCUT2D eigenvalue weighted by Gasteiger charge is 2.14. The molecule has 0 aliphatic rings. The van der Waals surface area contributed by atoms with Gasteiger partial charge in [0.1, 0.15) is 0 Å². The number of halogens is 2. The predicted octanol–water partition coefficient (Wildman–Crippen LogP) is 3.19. The summed E-state index contributed by atoms with van der Waals surface area (Å²) < 4.78 is 24.4. The maximum absolute atomic E-state index is 14.2. The smallest absolute Gasteiger partial charge is 0.303 e. The van der Waals surface area contributed by atoms with E-state index < -0.39 is 11.8 Å². The highest BCUT2D eigenvalue weighted by atomic mass is 35.5. The lowest BCUT2D eigenvalue weighted by molar-refractivity contribution is -0.137. The van der Waals surface area contributed by atoms with Crippen molar-refractivity contribution in [2.45, 2.75) is 12.8 Å². The Morgan fingerprint density at radius 2 is 2.17 bits per heavy atom. The van der Waals surface area contributed by atoms with Crippen LogP contribution >= 0.6 is 11.6 Å². The summed E-state index contributed by atoms with van der Waals surface area (Å²) >= 11 is 6.04. The maximum atomic E-state index is 14.2. The molecule has 122 valence electrons. The first-order valence-corrected chi connectivity index (χ1v) is 7.09. The third-order valence-electron chi connectivity index (χ3n) is 2.90. The first-order valence-electron chi connectivity index (χ1n) is 6.71. The van der Waals surface area contributed by atoms with E-state index in [9.17, 15) is 9.18 Å². The summed E-state index contributed by atoms with van der Waals surface area (Å²) in [6.07, 6.45) is 3.09. The van der Waals surface area contributed by atoms with E-state index in [-0.39, 0.29) is 30.2 Å². The van der Waals surface area contributed by atoms with Gasteiger partial charge in [0.15, 0.2) is 11.6 Å². The SMILES string of the molecule is COc1cncc(-c2cc(F)c(OCCCC(=O)O)c(Cl)c2)n1. The van der Waals surface area contributed by atoms with Crippen LogP contribution in [0.4, 0.5) is 4.39 Å². The number of aromatic nitrogens is 2. The molecule has 0 amide bonds. The first-order chi connectivity index (χ1) is 11.0. The maximum Gasteiger partial charge on any atom is 0.303 e. The molecule has 0 fully saturated rings. The molecule has 0 saturated carbocycles. The molecule has 0 aliphatic heterocycles. The number of nitrogens with zero attached hydrogens (tertiary/aromatic N) is 2. The highest BCUT2D eigenvalue weighted by Crippen LogP contribution is 2.33. The van der Waals surface area contributed by atoms with Crippen molar-refractivity contribution in [3.8, 4) is 22.9 Å². The quantitative estimate of drug-likeness (QED) is 0.779. The number of hydrogen-bond donors (Lipinski definition) is 1. The minimum atomic E-state index is -0.938. The molecule has 0 atom stereocenters. The summed E-state index contributed by atoms with van der Waals surface area (Å²) in [4.78, 5) is 18.5. The fourth-order valence-corrected chi connectivity index (χ4v) is 2.09. The van der Waals surface area contributed by atoms with Gasteiger partial charge in [0, 0.05) is 12.0 Å². The predicted molar refractivity (Wildman–Crippen MR) is 81.4 cm³/mol. The Kier molecular flexibility index (Phi) is 5.70. The van der Waals surface area contributed by atoms with Crippen molar-refractivity contribution >= 4 is 17.6 Å². The van der Waals surface area contributed by atoms with E-state index in [0.717, 1.165) is 0 Å². The average Bonchev–Trinajstić information content (AvgIpc) is 2.53. The monoisotopic (exact) mass is 340 g/mol.